The number of nitrogens with zero attached hydrogens (tertiary/aromatic N) is 3. The molecule has 3 rings (SSSR count). The van der Waals surface area contributed by atoms with E-state index in [1.165, 1.54) is 15.6 Å². The maximum Gasteiger partial charge on any atom is 0.272 e. The minimum Gasteiger partial charge on any atom is -0.351 e. The first kappa shape index (κ1) is 21.5. The predicted octanol–water partition coefficient (Wildman–Crippen LogP) is 1.82. The number of hydrogen-bond acceptors (Lipinski definition) is 4. The van der Waals surface area contributed by atoms with Crippen LogP contribution in [0.4, 0.5) is 0 Å². The highest BCUT2D eigenvalue weighted by Crippen LogP contribution is 2.26. The Kier molecular flexibility index (Phi) is 6.24. The van der Waals surface area contributed by atoms with Crippen molar-refractivity contribution in [2.24, 2.45) is 5.92 Å². The van der Waals surface area contributed by atoms with Gasteiger partial charge in [-0.1, -0.05) is 44.2 Å². The first-order valence-electron chi connectivity index (χ1n) is 10.2. The van der Waals surface area contributed by atoms with Crippen LogP contribution in [0.3, 0.4) is 0 Å². The van der Waals surface area contributed by atoms with Crippen molar-refractivity contribution in [1.29, 1.82) is 0 Å². The SMILES string of the molecule is CC(C)CCNC(=O)c1cc2n(n1)C[C@](C)(C(=O)NCc1ccccc1)N(C)C2=O. The predicted molar refractivity (Wildman–Crippen MR) is 113 cm³/mol. The fourth-order valence-corrected chi connectivity index (χ4v) is 3.37. The number of nitrogens with one attached hydrogen (secondary N) is 2. The molecule has 2 aromatic rings. The van der Waals surface area contributed by atoms with Gasteiger partial charge in [0, 0.05) is 26.2 Å². The first-order chi connectivity index (χ1) is 14.2. The number of likely N-dealkylation sites (N-methyl/N-ethyl adjacent to an activating group) is 1. The van der Waals surface area contributed by atoms with Gasteiger partial charge < -0.3 is 15.5 Å². The molecule has 3 amide bonds. The quantitative estimate of drug-likeness (QED) is 0.726. The summed E-state index contributed by atoms with van der Waals surface area (Å²) in [6.07, 6.45) is 0.862. The molecule has 0 saturated carbocycles. The lowest BCUT2D eigenvalue weighted by Gasteiger charge is -2.40. The van der Waals surface area contributed by atoms with E-state index >= 15 is 0 Å². The second kappa shape index (κ2) is 8.69. The molecule has 8 nitrogen and oxygen atoms in total. The molecule has 0 aliphatic carbocycles. The van der Waals surface area contributed by atoms with Crippen LogP contribution in [0.25, 0.3) is 0 Å². The molecule has 8 heteroatoms. The number of carbonyl (C=O) groups is 3. The minimum absolute atomic E-state index is 0.171. The molecule has 1 aliphatic heterocycles. The van der Waals surface area contributed by atoms with Gasteiger partial charge in [-0.25, -0.2) is 0 Å². The van der Waals surface area contributed by atoms with E-state index in [2.05, 4.69) is 29.6 Å². The normalized spacial score (nSPS) is 18.3. The summed E-state index contributed by atoms with van der Waals surface area (Å²) in [5, 5.41) is 10.0. The van der Waals surface area contributed by atoms with Gasteiger partial charge in [-0.05, 0) is 24.8 Å². The molecule has 0 bridgehead atoms. The fourth-order valence-electron chi connectivity index (χ4n) is 3.37. The van der Waals surface area contributed by atoms with Crippen molar-refractivity contribution >= 4 is 17.7 Å². The van der Waals surface area contributed by atoms with E-state index < -0.39 is 5.54 Å². The summed E-state index contributed by atoms with van der Waals surface area (Å²) in [5.74, 6) is -0.451. The second-order valence-electron chi connectivity index (χ2n) is 8.32. The number of hydrogen-bond donors (Lipinski definition) is 2. The summed E-state index contributed by atoms with van der Waals surface area (Å²) in [5.41, 5.74) is 0.347. The van der Waals surface area contributed by atoms with E-state index in [1.807, 2.05) is 30.3 Å². The molecule has 160 valence electrons. The zero-order valence-electron chi connectivity index (χ0n) is 17.9. The number of aromatic nitrogens is 2. The Bertz CT molecular complexity index is 938. The molecule has 0 radical (unpaired) electrons. The molecule has 30 heavy (non-hydrogen) atoms. The first-order valence-corrected chi connectivity index (χ1v) is 10.2. The Morgan fingerprint density at radius 1 is 1.20 bits per heavy atom. The summed E-state index contributed by atoms with van der Waals surface area (Å²) in [6, 6.07) is 11.1. The monoisotopic (exact) mass is 411 g/mol. The average molecular weight is 412 g/mol. The van der Waals surface area contributed by atoms with Crippen molar-refractivity contribution in [2.45, 2.75) is 45.8 Å². The smallest absolute Gasteiger partial charge is 0.272 e. The lowest BCUT2D eigenvalue weighted by atomic mass is 9.96. The van der Waals surface area contributed by atoms with E-state index in [-0.39, 0.29) is 30.0 Å². The number of carbonyl (C=O) groups excluding carboxylic acids is 3. The van der Waals surface area contributed by atoms with Crippen LogP contribution in [0, 0.1) is 5.92 Å². The van der Waals surface area contributed by atoms with Crippen molar-refractivity contribution in [2.75, 3.05) is 13.6 Å². The minimum atomic E-state index is -1.11. The average Bonchev–Trinajstić information content (AvgIpc) is 3.14. The van der Waals surface area contributed by atoms with Crippen LogP contribution >= 0.6 is 0 Å². The Morgan fingerprint density at radius 2 is 1.90 bits per heavy atom. The van der Waals surface area contributed by atoms with Gasteiger partial charge in [-0.2, -0.15) is 5.10 Å². The molecule has 1 aromatic heterocycles. The van der Waals surface area contributed by atoms with E-state index in [1.54, 1.807) is 14.0 Å². The third-order valence-corrected chi connectivity index (χ3v) is 5.53. The van der Waals surface area contributed by atoms with Gasteiger partial charge in [-0.15, -0.1) is 0 Å². The highest BCUT2D eigenvalue weighted by atomic mass is 16.2. The third kappa shape index (κ3) is 4.37. The van der Waals surface area contributed by atoms with Crippen LogP contribution in [-0.4, -0.2) is 51.5 Å². The summed E-state index contributed by atoms with van der Waals surface area (Å²) >= 11 is 0. The second-order valence-corrected chi connectivity index (χ2v) is 8.32. The standard InChI is InChI=1S/C22H29N5O3/c1-15(2)10-11-23-19(28)17-12-18-20(29)26(4)22(3,14-27(18)25-17)21(30)24-13-16-8-6-5-7-9-16/h5-9,12,15H,10-11,13-14H2,1-4H3,(H,23,28)(H,24,30)/t22-/m1/s1. The topological polar surface area (TPSA) is 96.3 Å². The molecule has 2 N–H and O–H groups in total. The Labute approximate surface area is 176 Å². The fraction of sp³-hybridized carbons (Fsp3) is 0.455. The van der Waals surface area contributed by atoms with Crippen LogP contribution in [0.1, 0.15) is 53.7 Å². The molecule has 0 spiro atoms. The highest BCUT2D eigenvalue weighted by Gasteiger charge is 2.46. The number of fused-ring (bicyclic) bond motifs is 1. The maximum atomic E-state index is 13.0. The van der Waals surface area contributed by atoms with Gasteiger partial charge in [0.15, 0.2) is 5.69 Å². The third-order valence-electron chi connectivity index (χ3n) is 5.53. The van der Waals surface area contributed by atoms with E-state index in [0.29, 0.717) is 24.7 Å². The molecular weight excluding hydrogens is 382 g/mol. The molecule has 1 aliphatic rings. The van der Waals surface area contributed by atoms with Crippen molar-refractivity contribution < 1.29 is 14.4 Å². The Balaban J connectivity index is 1.73. The van der Waals surface area contributed by atoms with E-state index in [9.17, 15) is 14.4 Å². The van der Waals surface area contributed by atoms with E-state index in [4.69, 9.17) is 0 Å². The van der Waals surface area contributed by atoms with Gasteiger partial charge in [0.2, 0.25) is 5.91 Å². The molecule has 2 heterocycles. The van der Waals surface area contributed by atoms with Crippen LogP contribution in [0.2, 0.25) is 0 Å². The number of rotatable bonds is 7. The zero-order valence-corrected chi connectivity index (χ0v) is 17.9. The van der Waals surface area contributed by atoms with Gasteiger partial charge in [0.25, 0.3) is 11.8 Å². The molecule has 0 fully saturated rings. The lowest BCUT2D eigenvalue weighted by molar-refractivity contribution is -0.132. The van der Waals surface area contributed by atoms with Crippen molar-refractivity contribution in [3.05, 3.63) is 53.3 Å². The summed E-state index contributed by atoms with van der Waals surface area (Å²) in [7, 11) is 1.60. The van der Waals surface area contributed by atoms with Gasteiger partial charge >= 0.3 is 0 Å². The van der Waals surface area contributed by atoms with Crippen LogP contribution in [0.15, 0.2) is 36.4 Å². The summed E-state index contributed by atoms with van der Waals surface area (Å²) < 4.78 is 1.46. The van der Waals surface area contributed by atoms with Gasteiger partial charge in [0.05, 0.1) is 6.54 Å². The maximum absolute atomic E-state index is 13.0. The van der Waals surface area contributed by atoms with E-state index in [0.717, 1.165) is 12.0 Å². The van der Waals surface area contributed by atoms with Crippen LogP contribution < -0.4 is 10.6 Å². The molecule has 0 unspecified atom stereocenters. The number of amides is 3. The zero-order chi connectivity index (χ0) is 21.9. The van der Waals surface area contributed by atoms with Crippen molar-refractivity contribution in [1.82, 2.24) is 25.3 Å². The molecule has 1 atom stereocenters. The Morgan fingerprint density at radius 3 is 2.57 bits per heavy atom. The van der Waals surface area contributed by atoms with Gasteiger partial charge in [0.1, 0.15) is 11.2 Å². The lowest BCUT2D eigenvalue weighted by Crippen LogP contribution is -2.62. The van der Waals surface area contributed by atoms with Crippen LogP contribution in [0.5, 0.6) is 0 Å². The molecule has 0 saturated heterocycles. The van der Waals surface area contributed by atoms with Gasteiger partial charge in [-0.3, -0.25) is 19.1 Å². The van der Waals surface area contributed by atoms with Crippen LogP contribution in [-0.2, 0) is 17.9 Å². The highest BCUT2D eigenvalue weighted by molar-refractivity contribution is 6.01. The molecular formula is C22H29N5O3. The van der Waals surface area contributed by atoms with Crippen molar-refractivity contribution in [3.63, 3.8) is 0 Å². The summed E-state index contributed by atoms with van der Waals surface area (Å²) in [6.45, 7) is 6.96. The number of benzene rings is 1. The Hall–Kier alpha value is -3.16. The van der Waals surface area contributed by atoms with Crippen molar-refractivity contribution in [3.8, 4) is 0 Å². The largest absolute Gasteiger partial charge is 0.351 e. The molecule has 1 aromatic carbocycles. The summed E-state index contributed by atoms with van der Waals surface area (Å²) in [4.78, 5) is 39.7.